The van der Waals surface area contributed by atoms with Gasteiger partial charge in [0.05, 0.1) is 18.6 Å². The summed E-state index contributed by atoms with van der Waals surface area (Å²) in [5, 5.41) is 12.7. The summed E-state index contributed by atoms with van der Waals surface area (Å²) in [5.41, 5.74) is 4.13. The fourth-order valence-corrected chi connectivity index (χ4v) is 2.35. The number of nitrogens with one attached hydrogen (secondary N) is 2. The third-order valence-electron chi connectivity index (χ3n) is 4.11. The molecule has 0 fully saturated rings. The molecule has 2 aromatic rings. The third kappa shape index (κ3) is 3.42. The second kappa shape index (κ2) is 6.78. The summed E-state index contributed by atoms with van der Waals surface area (Å²) in [6.45, 7) is 9.05. The number of pyridine rings is 1. The SMILES string of the molecule is CO/C(C)=C/c1cc(C(=O)Nc2nc(C)c(O)c(C)c2C)[nH]c1C. The first-order valence-corrected chi connectivity index (χ1v) is 7.64. The number of aromatic hydroxyl groups is 1. The van der Waals surface area contributed by atoms with Crippen LogP contribution in [-0.2, 0) is 4.74 Å². The fraction of sp³-hybridized carbons (Fsp3) is 0.333. The molecule has 6 nitrogen and oxygen atoms in total. The van der Waals surface area contributed by atoms with Crippen molar-refractivity contribution in [3.05, 3.63) is 45.6 Å². The van der Waals surface area contributed by atoms with Crippen LogP contribution in [0, 0.1) is 27.7 Å². The number of rotatable bonds is 4. The first-order valence-electron chi connectivity index (χ1n) is 7.64. The average molecular weight is 329 g/mol. The van der Waals surface area contributed by atoms with E-state index in [2.05, 4.69) is 15.3 Å². The number of allylic oxidation sites excluding steroid dienone is 1. The molecule has 2 aromatic heterocycles. The number of carbonyl (C=O) groups is 1. The Morgan fingerprint density at radius 1 is 1.29 bits per heavy atom. The summed E-state index contributed by atoms with van der Waals surface area (Å²) in [6, 6.07) is 1.77. The maximum absolute atomic E-state index is 12.5. The number of aryl methyl sites for hydroxylation is 2. The molecule has 0 radical (unpaired) electrons. The number of methoxy groups -OCH3 is 1. The van der Waals surface area contributed by atoms with Crippen molar-refractivity contribution in [3.8, 4) is 5.75 Å². The van der Waals surface area contributed by atoms with Crippen LogP contribution in [0.1, 0.15) is 45.5 Å². The molecule has 24 heavy (non-hydrogen) atoms. The molecule has 2 heterocycles. The smallest absolute Gasteiger partial charge is 0.273 e. The van der Waals surface area contributed by atoms with E-state index in [0.29, 0.717) is 22.8 Å². The molecular weight excluding hydrogens is 306 g/mol. The van der Waals surface area contributed by atoms with Gasteiger partial charge in [-0.15, -0.1) is 0 Å². The highest BCUT2D eigenvalue weighted by Gasteiger charge is 2.16. The summed E-state index contributed by atoms with van der Waals surface area (Å²) in [4.78, 5) is 19.8. The van der Waals surface area contributed by atoms with Gasteiger partial charge in [-0.2, -0.15) is 0 Å². The predicted octanol–water partition coefficient (Wildman–Crippen LogP) is 3.61. The molecule has 2 rings (SSSR count). The Bertz CT molecular complexity index is 819. The lowest BCUT2D eigenvalue weighted by atomic mass is 10.1. The lowest BCUT2D eigenvalue weighted by Gasteiger charge is -2.12. The zero-order valence-electron chi connectivity index (χ0n) is 14.9. The number of aromatic nitrogens is 2. The Hall–Kier alpha value is -2.76. The van der Waals surface area contributed by atoms with Crippen LogP contribution in [-0.4, -0.2) is 28.1 Å². The second-order valence-electron chi connectivity index (χ2n) is 5.82. The third-order valence-corrected chi connectivity index (χ3v) is 4.11. The lowest BCUT2D eigenvalue weighted by molar-refractivity contribution is 0.102. The van der Waals surface area contributed by atoms with Gasteiger partial charge in [0.1, 0.15) is 17.3 Å². The van der Waals surface area contributed by atoms with Gasteiger partial charge in [-0.05, 0) is 63.5 Å². The van der Waals surface area contributed by atoms with Crippen molar-refractivity contribution in [2.45, 2.75) is 34.6 Å². The Balaban J connectivity index is 2.30. The maximum atomic E-state index is 12.5. The number of carbonyl (C=O) groups excluding carboxylic acids is 1. The van der Waals surface area contributed by atoms with Crippen molar-refractivity contribution in [1.82, 2.24) is 9.97 Å². The highest BCUT2D eigenvalue weighted by molar-refractivity contribution is 6.03. The minimum absolute atomic E-state index is 0.156. The van der Waals surface area contributed by atoms with Crippen LogP contribution in [0.3, 0.4) is 0 Å². The van der Waals surface area contributed by atoms with Crippen molar-refractivity contribution < 1.29 is 14.6 Å². The predicted molar refractivity (Wildman–Crippen MR) is 94.3 cm³/mol. The summed E-state index contributed by atoms with van der Waals surface area (Å²) in [6.07, 6.45) is 1.86. The standard InChI is InChI=1S/C18H23N3O3/c1-9(24-6)7-14-8-15(19-12(14)4)18(23)21-17-11(3)10(2)16(22)13(5)20-17/h7-8,19,22H,1-6H3,(H,20,21,23)/b9-7+. The quantitative estimate of drug-likeness (QED) is 0.748. The zero-order valence-corrected chi connectivity index (χ0v) is 14.9. The molecule has 0 aromatic carbocycles. The molecule has 0 atom stereocenters. The van der Waals surface area contributed by atoms with E-state index in [1.54, 1.807) is 27.0 Å². The number of hydrogen-bond donors (Lipinski definition) is 3. The molecule has 0 aliphatic rings. The van der Waals surface area contributed by atoms with Gasteiger partial charge >= 0.3 is 0 Å². The van der Waals surface area contributed by atoms with Crippen molar-refractivity contribution >= 4 is 17.8 Å². The van der Waals surface area contributed by atoms with Gasteiger partial charge in [0.2, 0.25) is 0 Å². The monoisotopic (exact) mass is 329 g/mol. The van der Waals surface area contributed by atoms with E-state index in [1.807, 2.05) is 26.8 Å². The minimum atomic E-state index is -0.284. The number of H-pyrrole nitrogens is 1. The van der Waals surface area contributed by atoms with Gasteiger partial charge in [-0.1, -0.05) is 0 Å². The molecule has 128 valence electrons. The Morgan fingerprint density at radius 3 is 2.58 bits per heavy atom. The highest BCUT2D eigenvalue weighted by Crippen LogP contribution is 2.27. The molecule has 0 aliphatic heterocycles. The first-order chi connectivity index (χ1) is 11.2. The van der Waals surface area contributed by atoms with Gasteiger partial charge in [0.25, 0.3) is 5.91 Å². The number of hydrogen-bond acceptors (Lipinski definition) is 4. The Kier molecular flexibility index (Phi) is 4.97. The second-order valence-corrected chi connectivity index (χ2v) is 5.82. The molecule has 0 saturated carbocycles. The molecule has 0 spiro atoms. The number of ether oxygens (including phenoxy) is 1. The van der Waals surface area contributed by atoms with Crippen molar-refractivity contribution in [2.24, 2.45) is 0 Å². The van der Waals surface area contributed by atoms with E-state index >= 15 is 0 Å². The van der Waals surface area contributed by atoms with Gasteiger partial charge < -0.3 is 20.1 Å². The summed E-state index contributed by atoms with van der Waals surface area (Å²) < 4.78 is 5.14. The number of anilines is 1. The van der Waals surface area contributed by atoms with E-state index < -0.39 is 0 Å². The van der Waals surface area contributed by atoms with Crippen LogP contribution in [0.2, 0.25) is 0 Å². The lowest BCUT2D eigenvalue weighted by Crippen LogP contribution is -2.15. The molecule has 3 N–H and O–H groups in total. The zero-order chi connectivity index (χ0) is 18.0. The summed E-state index contributed by atoms with van der Waals surface area (Å²) in [7, 11) is 1.60. The average Bonchev–Trinajstić information content (AvgIpc) is 2.91. The van der Waals surface area contributed by atoms with Gasteiger partial charge in [-0.25, -0.2) is 4.98 Å². The van der Waals surface area contributed by atoms with E-state index in [1.165, 1.54) is 0 Å². The molecule has 0 unspecified atom stereocenters. The van der Waals surface area contributed by atoms with E-state index in [4.69, 9.17) is 4.74 Å². The van der Waals surface area contributed by atoms with Crippen LogP contribution in [0.5, 0.6) is 5.75 Å². The fourth-order valence-electron chi connectivity index (χ4n) is 2.35. The number of aromatic amines is 1. The molecule has 6 heteroatoms. The van der Waals surface area contributed by atoms with Crippen LogP contribution >= 0.6 is 0 Å². The van der Waals surface area contributed by atoms with Crippen LogP contribution in [0.25, 0.3) is 6.08 Å². The number of amides is 1. The normalized spacial score (nSPS) is 11.5. The van der Waals surface area contributed by atoms with Crippen LogP contribution < -0.4 is 5.32 Å². The molecular formula is C18H23N3O3. The van der Waals surface area contributed by atoms with Crippen LogP contribution in [0.4, 0.5) is 5.82 Å². The van der Waals surface area contributed by atoms with E-state index in [0.717, 1.165) is 22.6 Å². The maximum Gasteiger partial charge on any atom is 0.273 e. The molecule has 0 saturated heterocycles. The van der Waals surface area contributed by atoms with Crippen molar-refractivity contribution in [1.29, 1.82) is 0 Å². The topological polar surface area (TPSA) is 87.2 Å². The highest BCUT2D eigenvalue weighted by atomic mass is 16.5. The first kappa shape index (κ1) is 17.6. The van der Waals surface area contributed by atoms with Gasteiger partial charge in [0, 0.05) is 5.69 Å². The largest absolute Gasteiger partial charge is 0.506 e. The summed E-state index contributed by atoms with van der Waals surface area (Å²) >= 11 is 0. The van der Waals surface area contributed by atoms with Gasteiger partial charge in [-0.3, -0.25) is 4.79 Å². The van der Waals surface area contributed by atoms with Crippen LogP contribution in [0.15, 0.2) is 11.8 Å². The van der Waals surface area contributed by atoms with Gasteiger partial charge in [0.15, 0.2) is 0 Å². The van der Waals surface area contributed by atoms with E-state index in [9.17, 15) is 9.90 Å². The molecule has 0 aliphatic carbocycles. The van der Waals surface area contributed by atoms with Crippen molar-refractivity contribution in [3.63, 3.8) is 0 Å². The summed E-state index contributed by atoms with van der Waals surface area (Å²) in [5.74, 6) is 1.08. The Morgan fingerprint density at radius 2 is 1.96 bits per heavy atom. The van der Waals surface area contributed by atoms with E-state index in [-0.39, 0.29) is 11.7 Å². The number of nitrogens with zero attached hydrogens (tertiary/aromatic N) is 1. The molecule has 0 bridgehead atoms. The Labute approximate surface area is 141 Å². The molecule has 1 amide bonds. The van der Waals surface area contributed by atoms with Crippen molar-refractivity contribution in [2.75, 3.05) is 12.4 Å². The minimum Gasteiger partial charge on any atom is -0.506 e.